The Balaban J connectivity index is 1.55. The van der Waals surface area contributed by atoms with Crippen molar-refractivity contribution in [3.8, 4) is 23.3 Å². The van der Waals surface area contributed by atoms with E-state index in [1.54, 1.807) is 18.3 Å². The van der Waals surface area contributed by atoms with Gasteiger partial charge >= 0.3 is 6.09 Å². The summed E-state index contributed by atoms with van der Waals surface area (Å²) >= 11 is 6.43. The fraction of sp³-hybridized carbons (Fsp3) is 0.0833. The molecular formula is C24H18ClN5O3. The van der Waals surface area contributed by atoms with E-state index in [4.69, 9.17) is 21.4 Å². The zero-order valence-electron chi connectivity index (χ0n) is 17.5. The van der Waals surface area contributed by atoms with Crippen LogP contribution in [-0.4, -0.2) is 32.7 Å². The largest absolute Gasteiger partial charge is 0.465 e. The minimum Gasteiger partial charge on any atom is -0.465 e. The van der Waals surface area contributed by atoms with Gasteiger partial charge in [-0.25, -0.2) is 14.8 Å². The summed E-state index contributed by atoms with van der Waals surface area (Å²) < 4.78 is 5.81. The van der Waals surface area contributed by atoms with Crippen LogP contribution >= 0.6 is 11.6 Å². The molecule has 2 aromatic heterocycles. The van der Waals surface area contributed by atoms with E-state index in [0.717, 1.165) is 22.3 Å². The number of fused-ring (bicyclic) bond motifs is 1. The lowest BCUT2D eigenvalue weighted by molar-refractivity contribution is 0.196. The predicted octanol–water partition coefficient (Wildman–Crippen LogP) is 5.14. The van der Waals surface area contributed by atoms with Gasteiger partial charge in [-0.3, -0.25) is 4.98 Å². The zero-order chi connectivity index (χ0) is 23.2. The lowest BCUT2D eigenvalue weighted by Gasteiger charge is -2.11. The van der Waals surface area contributed by atoms with Crippen LogP contribution in [0.1, 0.15) is 11.3 Å². The minimum absolute atomic E-state index is 0.0370. The first-order chi connectivity index (χ1) is 16.0. The molecule has 0 aliphatic rings. The van der Waals surface area contributed by atoms with Gasteiger partial charge in [-0.15, -0.1) is 0 Å². The Bertz CT molecular complexity index is 1380. The van der Waals surface area contributed by atoms with E-state index in [9.17, 15) is 4.79 Å². The van der Waals surface area contributed by atoms with Crippen LogP contribution in [0.2, 0.25) is 5.02 Å². The normalized spacial score (nSPS) is 10.2. The quantitative estimate of drug-likeness (QED) is 0.354. The van der Waals surface area contributed by atoms with Crippen LogP contribution in [-0.2, 0) is 0 Å². The van der Waals surface area contributed by atoms with Gasteiger partial charge in [0, 0.05) is 22.3 Å². The van der Waals surface area contributed by atoms with Crippen molar-refractivity contribution in [2.75, 3.05) is 11.9 Å². The first-order valence-corrected chi connectivity index (χ1v) is 10.2. The number of benzene rings is 2. The second-order valence-electron chi connectivity index (χ2n) is 6.92. The van der Waals surface area contributed by atoms with Crippen molar-refractivity contribution in [3.05, 3.63) is 77.3 Å². The van der Waals surface area contributed by atoms with Gasteiger partial charge in [-0.1, -0.05) is 23.4 Å². The number of aromatic nitrogens is 3. The number of anilines is 2. The molecule has 8 nitrogen and oxygen atoms in total. The van der Waals surface area contributed by atoms with E-state index in [-0.39, 0.29) is 6.54 Å². The molecule has 0 unspecified atom stereocenters. The smallest absolute Gasteiger partial charge is 0.405 e. The molecule has 0 spiro atoms. The average Bonchev–Trinajstić information content (AvgIpc) is 2.80. The fourth-order valence-corrected chi connectivity index (χ4v) is 3.16. The van der Waals surface area contributed by atoms with Gasteiger partial charge in [0.2, 0.25) is 0 Å². The van der Waals surface area contributed by atoms with Gasteiger partial charge in [0.15, 0.2) is 0 Å². The van der Waals surface area contributed by atoms with Crippen LogP contribution in [0, 0.1) is 18.8 Å². The third-order valence-electron chi connectivity index (χ3n) is 4.50. The van der Waals surface area contributed by atoms with Crippen LogP contribution in [0.25, 0.3) is 10.9 Å². The molecule has 4 aromatic rings. The van der Waals surface area contributed by atoms with Crippen molar-refractivity contribution in [3.63, 3.8) is 0 Å². The summed E-state index contributed by atoms with van der Waals surface area (Å²) in [6, 6.07) is 14.5. The first-order valence-electron chi connectivity index (χ1n) is 9.85. The molecule has 33 heavy (non-hydrogen) atoms. The van der Waals surface area contributed by atoms with Gasteiger partial charge in [0.25, 0.3) is 0 Å². The maximum Gasteiger partial charge on any atom is 0.405 e. The minimum atomic E-state index is -1.12. The third-order valence-corrected chi connectivity index (χ3v) is 4.80. The number of ether oxygens (including phenoxy) is 1. The van der Waals surface area contributed by atoms with Crippen molar-refractivity contribution in [2.45, 2.75) is 6.92 Å². The van der Waals surface area contributed by atoms with Crippen molar-refractivity contribution >= 4 is 40.1 Å². The van der Waals surface area contributed by atoms with Gasteiger partial charge in [-0.05, 0) is 55.5 Å². The molecule has 164 valence electrons. The number of hydrogen-bond acceptors (Lipinski definition) is 6. The topological polar surface area (TPSA) is 109 Å². The fourth-order valence-electron chi connectivity index (χ4n) is 2.94. The molecule has 9 heteroatoms. The summed E-state index contributed by atoms with van der Waals surface area (Å²) in [4.78, 5) is 23.4. The Morgan fingerprint density at radius 3 is 2.76 bits per heavy atom. The molecule has 3 N–H and O–H groups in total. The number of pyridine rings is 1. The van der Waals surface area contributed by atoms with E-state index in [0.29, 0.717) is 27.9 Å². The van der Waals surface area contributed by atoms with E-state index in [1.165, 1.54) is 6.33 Å². The Morgan fingerprint density at radius 1 is 1.12 bits per heavy atom. The summed E-state index contributed by atoms with van der Waals surface area (Å²) in [5.74, 6) is 7.37. The summed E-state index contributed by atoms with van der Waals surface area (Å²) in [6.07, 6.45) is 1.99. The second kappa shape index (κ2) is 9.85. The van der Waals surface area contributed by atoms with Crippen molar-refractivity contribution in [1.29, 1.82) is 0 Å². The van der Waals surface area contributed by atoms with Gasteiger partial charge < -0.3 is 20.5 Å². The molecule has 0 fully saturated rings. The number of nitrogens with zero attached hydrogens (tertiary/aromatic N) is 3. The highest BCUT2D eigenvalue weighted by atomic mass is 35.5. The highest BCUT2D eigenvalue weighted by Gasteiger charge is 2.09. The maximum atomic E-state index is 10.5. The molecule has 1 amide bonds. The van der Waals surface area contributed by atoms with Crippen molar-refractivity contribution in [2.24, 2.45) is 0 Å². The number of nitrogens with one attached hydrogen (secondary N) is 2. The average molecular weight is 460 g/mol. The van der Waals surface area contributed by atoms with E-state index in [2.05, 4.69) is 37.4 Å². The molecule has 0 atom stereocenters. The molecule has 0 saturated carbocycles. The second-order valence-corrected chi connectivity index (χ2v) is 7.33. The van der Waals surface area contributed by atoms with E-state index in [1.807, 2.05) is 43.3 Å². The van der Waals surface area contributed by atoms with Crippen LogP contribution in [0.15, 0.2) is 61.1 Å². The number of halogens is 1. The Labute approximate surface area is 194 Å². The predicted molar refractivity (Wildman–Crippen MR) is 126 cm³/mol. The molecule has 0 aliphatic carbocycles. The molecule has 0 saturated heterocycles. The first kappa shape index (κ1) is 21.9. The molecular weight excluding hydrogens is 442 g/mol. The van der Waals surface area contributed by atoms with Gasteiger partial charge in [0.05, 0.1) is 23.3 Å². The molecule has 4 rings (SSSR count). The lowest BCUT2D eigenvalue weighted by Crippen LogP contribution is -2.20. The highest BCUT2D eigenvalue weighted by molar-refractivity contribution is 6.32. The maximum absolute atomic E-state index is 10.5. The lowest BCUT2D eigenvalue weighted by atomic mass is 10.1. The Hall–Kier alpha value is -4.35. The third kappa shape index (κ3) is 5.67. The molecule has 2 aromatic carbocycles. The van der Waals surface area contributed by atoms with Crippen LogP contribution < -0.4 is 15.4 Å². The number of amides is 1. The van der Waals surface area contributed by atoms with Crippen LogP contribution in [0.3, 0.4) is 0 Å². The summed E-state index contributed by atoms with van der Waals surface area (Å²) in [6.45, 7) is 1.94. The SMILES string of the molecule is Cc1ccc(Oc2ccc(Nc3ncnc4ccc(C#CCNC(=O)O)cc34)cc2Cl)cn1. The van der Waals surface area contributed by atoms with Crippen LogP contribution in [0.4, 0.5) is 16.3 Å². The van der Waals surface area contributed by atoms with Gasteiger partial charge in [-0.2, -0.15) is 0 Å². The number of hydrogen-bond donors (Lipinski definition) is 3. The van der Waals surface area contributed by atoms with Crippen LogP contribution in [0.5, 0.6) is 11.5 Å². The molecule has 0 radical (unpaired) electrons. The van der Waals surface area contributed by atoms with E-state index < -0.39 is 6.09 Å². The van der Waals surface area contributed by atoms with Crippen molar-refractivity contribution in [1.82, 2.24) is 20.3 Å². The number of rotatable bonds is 5. The zero-order valence-corrected chi connectivity index (χ0v) is 18.2. The highest BCUT2D eigenvalue weighted by Crippen LogP contribution is 2.33. The molecule has 0 bridgehead atoms. The van der Waals surface area contributed by atoms with E-state index >= 15 is 0 Å². The molecule has 0 aliphatic heterocycles. The number of aryl methyl sites for hydroxylation is 1. The number of carbonyl (C=O) groups is 1. The Kier molecular flexibility index (Phi) is 6.53. The summed E-state index contributed by atoms with van der Waals surface area (Å²) in [5.41, 5.74) is 3.06. The molecule has 2 heterocycles. The standard InChI is InChI=1S/C24H18ClN5O3/c1-15-4-7-18(13-27-15)33-22-9-6-17(12-20(22)25)30-23-19-11-16(3-2-10-26-24(31)32)5-8-21(19)28-14-29-23/h4-9,11-14,26H,10H2,1H3,(H,31,32)(H,28,29,30). The summed E-state index contributed by atoms with van der Waals surface area (Å²) in [5, 5.41) is 15.3. The summed E-state index contributed by atoms with van der Waals surface area (Å²) in [7, 11) is 0. The number of carboxylic acid groups (broad SMARTS) is 1. The van der Waals surface area contributed by atoms with Gasteiger partial charge in [0.1, 0.15) is 23.6 Å². The van der Waals surface area contributed by atoms with Crippen molar-refractivity contribution < 1.29 is 14.6 Å². The Morgan fingerprint density at radius 2 is 2.00 bits per heavy atom. The monoisotopic (exact) mass is 459 g/mol.